The van der Waals surface area contributed by atoms with Gasteiger partial charge in [0.05, 0.1) is 19.1 Å². The number of ether oxygens (including phenoxy) is 4. The van der Waals surface area contributed by atoms with E-state index >= 15 is 0 Å². The molecule has 0 aromatic heterocycles. The predicted octanol–water partition coefficient (Wildman–Crippen LogP) is 8.96. The number of hydrogen-bond acceptors (Lipinski definition) is 4. The number of rotatable bonds is 10. The molecule has 0 bridgehead atoms. The summed E-state index contributed by atoms with van der Waals surface area (Å²) in [4.78, 5) is 0. The molecular weight excluding hydrogens is 576 g/mol. The van der Waals surface area contributed by atoms with E-state index in [-0.39, 0.29) is 55.9 Å². The van der Waals surface area contributed by atoms with Crippen molar-refractivity contribution in [2.75, 3.05) is 13.2 Å². The Kier molecular flexibility index (Phi) is 10.5. The zero-order valence-corrected chi connectivity index (χ0v) is 22.7. The molecule has 0 atom stereocenters. The van der Waals surface area contributed by atoms with Gasteiger partial charge < -0.3 is 18.9 Å². The molecule has 230 valence electrons. The summed E-state index contributed by atoms with van der Waals surface area (Å²) in [5.41, 5.74) is 1.18. The van der Waals surface area contributed by atoms with Crippen molar-refractivity contribution in [3.8, 4) is 11.5 Å². The normalized spacial score (nSPS) is 23.2. The number of aryl methyl sites for hydroxylation is 1. The first kappa shape index (κ1) is 31.8. The summed E-state index contributed by atoms with van der Waals surface area (Å²) in [6.07, 6.45) is -1.74. The van der Waals surface area contributed by atoms with Crippen molar-refractivity contribution in [2.45, 2.75) is 63.8 Å². The van der Waals surface area contributed by atoms with Crippen LogP contribution in [0, 0.1) is 29.3 Å². The van der Waals surface area contributed by atoms with Crippen LogP contribution in [0.4, 0.5) is 35.1 Å². The first-order valence-electron chi connectivity index (χ1n) is 13.6. The lowest BCUT2D eigenvalue weighted by Crippen LogP contribution is -2.37. The van der Waals surface area contributed by atoms with Crippen LogP contribution in [0.15, 0.2) is 54.6 Å². The monoisotopic (exact) mass is 606 g/mol. The summed E-state index contributed by atoms with van der Waals surface area (Å²) in [6, 6.07) is 2.93. The molecule has 1 aliphatic heterocycles. The van der Waals surface area contributed by atoms with Gasteiger partial charge in [-0.25, -0.2) is 13.2 Å². The van der Waals surface area contributed by atoms with E-state index in [0.29, 0.717) is 31.6 Å². The SMILES string of the molecule is C/C=C/C1COC(CCc2ccc(C3CCC(C(F)(F)Oc4cc(F)c(OC(F)=C(F)F)c(F)c4)CC3)c(F)c2)OC1. The highest BCUT2D eigenvalue weighted by Gasteiger charge is 2.44. The molecule has 4 rings (SSSR count). The molecule has 2 aromatic rings. The van der Waals surface area contributed by atoms with Crippen molar-refractivity contribution in [1.29, 1.82) is 0 Å². The van der Waals surface area contributed by atoms with Crippen molar-refractivity contribution < 1.29 is 54.1 Å². The van der Waals surface area contributed by atoms with E-state index in [1.807, 2.05) is 19.1 Å². The Bertz CT molecular complexity index is 1260. The van der Waals surface area contributed by atoms with Crippen LogP contribution in [0.25, 0.3) is 0 Å². The first-order valence-corrected chi connectivity index (χ1v) is 13.6. The summed E-state index contributed by atoms with van der Waals surface area (Å²) in [6.45, 7) is 3.06. The lowest BCUT2D eigenvalue weighted by Gasteiger charge is -2.33. The van der Waals surface area contributed by atoms with Crippen LogP contribution in [0.2, 0.25) is 0 Å². The lowest BCUT2D eigenvalue weighted by molar-refractivity contribution is -0.222. The summed E-state index contributed by atoms with van der Waals surface area (Å²) < 4.78 is 130. The van der Waals surface area contributed by atoms with Crippen molar-refractivity contribution in [2.24, 2.45) is 11.8 Å². The fourth-order valence-corrected chi connectivity index (χ4v) is 5.25. The molecule has 42 heavy (non-hydrogen) atoms. The topological polar surface area (TPSA) is 36.9 Å². The van der Waals surface area contributed by atoms with Crippen molar-refractivity contribution in [1.82, 2.24) is 0 Å². The van der Waals surface area contributed by atoms with E-state index in [2.05, 4.69) is 9.47 Å². The molecule has 0 amide bonds. The molecule has 0 unspecified atom stereocenters. The minimum atomic E-state index is -3.85. The van der Waals surface area contributed by atoms with Gasteiger partial charge in [0, 0.05) is 24.5 Å². The van der Waals surface area contributed by atoms with Crippen LogP contribution in [0.1, 0.15) is 56.1 Å². The van der Waals surface area contributed by atoms with Crippen molar-refractivity contribution in [3.05, 3.63) is 83.2 Å². The standard InChI is InChI=1S/C30H30F8O4/c1-2-3-18-15-39-26(40-16-18)11-5-17-4-10-22(23(31)12-17)19-6-8-20(9-7-19)30(37,38)42-21-13-24(32)27(25(33)14-21)41-29(36)28(34)35/h2-4,10,12-14,18-20,26H,5-9,11,15-16H2,1H3/b3-2+. The smallest absolute Gasteiger partial charge is 0.400 e. The zero-order valence-electron chi connectivity index (χ0n) is 22.7. The average Bonchev–Trinajstić information content (AvgIpc) is 2.94. The van der Waals surface area contributed by atoms with Gasteiger partial charge >= 0.3 is 18.2 Å². The second-order valence-corrected chi connectivity index (χ2v) is 10.3. The molecule has 1 saturated carbocycles. The van der Waals surface area contributed by atoms with E-state index in [1.54, 1.807) is 12.1 Å². The Balaban J connectivity index is 1.30. The Labute approximate surface area is 237 Å². The zero-order chi connectivity index (χ0) is 30.4. The number of halogens is 8. The summed E-state index contributed by atoms with van der Waals surface area (Å²) in [7, 11) is 0. The molecule has 0 radical (unpaired) electrons. The van der Waals surface area contributed by atoms with Crippen LogP contribution >= 0.6 is 0 Å². The van der Waals surface area contributed by atoms with Gasteiger partial charge in [0.25, 0.3) is 0 Å². The van der Waals surface area contributed by atoms with E-state index < -0.39 is 53.1 Å². The van der Waals surface area contributed by atoms with Crippen LogP contribution in [0.5, 0.6) is 11.5 Å². The molecule has 2 aliphatic rings. The minimum absolute atomic E-state index is 0.0542. The van der Waals surface area contributed by atoms with Crippen LogP contribution in [0.3, 0.4) is 0 Å². The van der Waals surface area contributed by atoms with Crippen LogP contribution in [-0.4, -0.2) is 25.6 Å². The third kappa shape index (κ3) is 8.03. The van der Waals surface area contributed by atoms with E-state index in [0.717, 1.165) is 5.56 Å². The molecule has 1 heterocycles. The summed E-state index contributed by atoms with van der Waals surface area (Å²) >= 11 is 0. The average molecular weight is 607 g/mol. The summed E-state index contributed by atoms with van der Waals surface area (Å²) in [5, 5.41) is 0. The third-order valence-corrected chi connectivity index (χ3v) is 7.40. The van der Waals surface area contributed by atoms with Gasteiger partial charge in [-0.1, -0.05) is 24.3 Å². The van der Waals surface area contributed by atoms with Gasteiger partial charge in [0.1, 0.15) is 11.6 Å². The molecule has 0 N–H and O–H groups in total. The highest BCUT2D eigenvalue weighted by atomic mass is 19.3. The lowest BCUT2D eigenvalue weighted by atomic mass is 9.78. The molecule has 0 spiro atoms. The number of benzene rings is 2. The predicted molar refractivity (Wildman–Crippen MR) is 136 cm³/mol. The van der Waals surface area contributed by atoms with E-state index in [9.17, 15) is 35.1 Å². The van der Waals surface area contributed by atoms with Gasteiger partial charge in [-0.2, -0.15) is 22.0 Å². The van der Waals surface area contributed by atoms with Gasteiger partial charge in [0.2, 0.25) is 5.75 Å². The Hall–Kier alpha value is -3.12. The second-order valence-electron chi connectivity index (χ2n) is 10.3. The third-order valence-electron chi connectivity index (χ3n) is 7.40. The molecule has 4 nitrogen and oxygen atoms in total. The van der Waals surface area contributed by atoms with E-state index in [4.69, 9.17) is 9.47 Å². The van der Waals surface area contributed by atoms with Crippen LogP contribution in [-0.2, 0) is 15.9 Å². The molecule has 2 fully saturated rings. The van der Waals surface area contributed by atoms with Crippen LogP contribution < -0.4 is 9.47 Å². The maximum atomic E-state index is 15.0. The fraction of sp³-hybridized carbons (Fsp3) is 0.467. The summed E-state index contributed by atoms with van der Waals surface area (Å²) in [5.74, 6) is -7.73. The maximum absolute atomic E-state index is 15.0. The minimum Gasteiger partial charge on any atom is -0.432 e. The Morgan fingerprint density at radius 1 is 0.929 bits per heavy atom. The van der Waals surface area contributed by atoms with Gasteiger partial charge in [0.15, 0.2) is 17.9 Å². The largest absolute Gasteiger partial charge is 0.432 e. The second kappa shape index (κ2) is 13.9. The molecule has 1 saturated heterocycles. The van der Waals surface area contributed by atoms with Gasteiger partial charge in [-0.05, 0) is 62.1 Å². The molecule has 2 aromatic carbocycles. The number of alkyl halides is 2. The highest BCUT2D eigenvalue weighted by molar-refractivity contribution is 5.36. The number of allylic oxidation sites excluding steroid dienone is 1. The molecule has 1 aliphatic carbocycles. The molecule has 12 heteroatoms. The first-order chi connectivity index (χ1) is 20.0. The van der Waals surface area contributed by atoms with Crippen molar-refractivity contribution in [3.63, 3.8) is 0 Å². The molecular formula is C30H30F8O4. The number of hydrogen-bond donors (Lipinski definition) is 0. The van der Waals surface area contributed by atoms with Gasteiger partial charge in [-0.15, -0.1) is 0 Å². The van der Waals surface area contributed by atoms with E-state index in [1.165, 1.54) is 6.07 Å². The quantitative estimate of drug-likeness (QED) is 0.154. The Morgan fingerprint density at radius 2 is 1.57 bits per heavy atom. The Morgan fingerprint density at radius 3 is 2.14 bits per heavy atom. The van der Waals surface area contributed by atoms with Gasteiger partial charge in [-0.3, -0.25) is 0 Å². The highest BCUT2D eigenvalue weighted by Crippen LogP contribution is 2.44. The maximum Gasteiger partial charge on any atom is 0.400 e. The van der Waals surface area contributed by atoms with Crippen molar-refractivity contribution >= 4 is 0 Å². The fourth-order valence-electron chi connectivity index (χ4n) is 5.25.